The van der Waals surface area contributed by atoms with Gasteiger partial charge in [-0.3, -0.25) is 4.79 Å². The third-order valence-electron chi connectivity index (χ3n) is 4.87. The number of hydrogen-bond donors (Lipinski definition) is 2. The SMILES string of the molecule is Cc1noc(C)c1COc1ccc(C(=O)NCCC[NH+]2CCOCC2)cc1. The van der Waals surface area contributed by atoms with E-state index in [9.17, 15) is 4.79 Å². The van der Waals surface area contributed by atoms with Crippen LogP contribution >= 0.6 is 0 Å². The Morgan fingerprint density at radius 3 is 2.63 bits per heavy atom. The summed E-state index contributed by atoms with van der Waals surface area (Å²) in [4.78, 5) is 13.8. The fourth-order valence-electron chi connectivity index (χ4n) is 3.12. The van der Waals surface area contributed by atoms with Crippen LogP contribution in [0.5, 0.6) is 5.75 Å². The van der Waals surface area contributed by atoms with Crippen LogP contribution in [0.1, 0.15) is 33.8 Å². The summed E-state index contributed by atoms with van der Waals surface area (Å²) in [5.41, 5.74) is 2.43. The van der Waals surface area contributed by atoms with Gasteiger partial charge in [0.1, 0.15) is 31.2 Å². The van der Waals surface area contributed by atoms with Crippen LogP contribution in [0.2, 0.25) is 0 Å². The first-order valence-electron chi connectivity index (χ1n) is 9.47. The van der Waals surface area contributed by atoms with Gasteiger partial charge in [-0.15, -0.1) is 0 Å². The molecule has 0 unspecified atom stereocenters. The molecule has 1 aliphatic heterocycles. The maximum Gasteiger partial charge on any atom is 0.251 e. The molecule has 7 heteroatoms. The Morgan fingerprint density at radius 1 is 1.22 bits per heavy atom. The summed E-state index contributed by atoms with van der Waals surface area (Å²) in [6.07, 6.45) is 0.972. The number of benzene rings is 1. The first kappa shape index (κ1) is 19.4. The molecular formula is C20H28N3O4+. The van der Waals surface area contributed by atoms with Gasteiger partial charge in [0.25, 0.3) is 5.91 Å². The van der Waals surface area contributed by atoms with E-state index in [1.54, 1.807) is 17.0 Å². The van der Waals surface area contributed by atoms with Gasteiger partial charge in [-0.2, -0.15) is 0 Å². The van der Waals surface area contributed by atoms with Gasteiger partial charge in [0.15, 0.2) is 0 Å². The minimum Gasteiger partial charge on any atom is -0.489 e. The van der Waals surface area contributed by atoms with Crippen molar-refractivity contribution in [3.05, 3.63) is 46.8 Å². The second-order valence-corrected chi connectivity index (χ2v) is 6.84. The second kappa shape index (κ2) is 9.53. The lowest BCUT2D eigenvalue weighted by molar-refractivity contribution is -0.908. The molecule has 2 N–H and O–H groups in total. The smallest absolute Gasteiger partial charge is 0.251 e. The largest absolute Gasteiger partial charge is 0.489 e. The van der Waals surface area contributed by atoms with Crippen molar-refractivity contribution in [1.82, 2.24) is 10.5 Å². The van der Waals surface area contributed by atoms with E-state index in [1.807, 2.05) is 26.0 Å². The zero-order chi connectivity index (χ0) is 19.1. The van der Waals surface area contributed by atoms with E-state index in [0.29, 0.717) is 24.5 Å². The molecule has 0 aliphatic carbocycles. The van der Waals surface area contributed by atoms with E-state index in [0.717, 1.165) is 56.3 Å². The van der Waals surface area contributed by atoms with Crippen molar-refractivity contribution in [3.8, 4) is 5.75 Å². The van der Waals surface area contributed by atoms with Crippen molar-refractivity contribution in [3.63, 3.8) is 0 Å². The summed E-state index contributed by atoms with van der Waals surface area (Å²) >= 11 is 0. The predicted octanol–water partition coefficient (Wildman–Crippen LogP) is 0.905. The number of morpholine rings is 1. The van der Waals surface area contributed by atoms with E-state index in [2.05, 4.69) is 10.5 Å². The van der Waals surface area contributed by atoms with Crippen LogP contribution in [0.15, 0.2) is 28.8 Å². The average Bonchev–Trinajstić information content (AvgIpc) is 3.02. The number of amides is 1. The molecule has 7 nitrogen and oxygen atoms in total. The van der Waals surface area contributed by atoms with Gasteiger partial charge >= 0.3 is 0 Å². The highest BCUT2D eigenvalue weighted by atomic mass is 16.5. The number of carbonyl (C=O) groups excluding carboxylic acids is 1. The standard InChI is InChI=1S/C20H27N3O4/c1-15-19(16(2)27-22-15)14-26-18-6-4-17(5-7-18)20(24)21-8-3-9-23-10-12-25-13-11-23/h4-7H,3,8-14H2,1-2H3,(H,21,24)/p+1. The summed E-state index contributed by atoms with van der Waals surface area (Å²) in [6, 6.07) is 7.19. The van der Waals surface area contributed by atoms with Gasteiger partial charge < -0.3 is 24.2 Å². The molecule has 1 amide bonds. The highest BCUT2D eigenvalue weighted by molar-refractivity contribution is 5.94. The number of nitrogens with zero attached hydrogens (tertiary/aromatic N) is 1. The third-order valence-corrected chi connectivity index (χ3v) is 4.87. The van der Waals surface area contributed by atoms with Crippen molar-refractivity contribution in [1.29, 1.82) is 0 Å². The van der Waals surface area contributed by atoms with Crippen LogP contribution in [0, 0.1) is 13.8 Å². The van der Waals surface area contributed by atoms with Crippen LogP contribution in [0.4, 0.5) is 0 Å². The maximum absolute atomic E-state index is 12.2. The van der Waals surface area contributed by atoms with Gasteiger partial charge in [0, 0.05) is 18.5 Å². The zero-order valence-corrected chi connectivity index (χ0v) is 16.0. The van der Waals surface area contributed by atoms with Gasteiger partial charge in [-0.25, -0.2) is 0 Å². The monoisotopic (exact) mass is 374 g/mol. The van der Waals surface area contributed by atoms with E-state index in [4.69, 9.17) is 14.0 Å². The van der Waals surface area contributed by atoms with Crippen LogP contribution in [0.25, 0.3) is 0 Å². The van der Waals surface area contributed by atoms with Crippen LogP contribution in [0.3, 0.4) is 0 Å². The van der Waals surface area contributed by atoms with Crippen molar-refractivity contribution in [2.24, 2.45) is 0 Å². The first-order valence-corrected chi connectivity index (χ1v) is 9.47. The summed E-state index contributed by atoms with van der Waals surface area (Å²) in [5, 5.41) is 6.90. The second-order valence-electron chi connectivity index (χ2n) is 6.84. The van der Waals surface area contributed by atoms with Crippen LogP contribution in [-0.2, 0) is 11.3 Å². The van der Waals surface area contributed by atoms with Crippen LogP contribution in [-0.4, -0.2) is 50.5 Å². The lowest BCUT2D eigenvalue weighted by Gasteiger charge is -2.23. The predicted molar refractivity (Wildman–Crippen MR) is 100 cm³/mol. The number of carbonyl (C=O) groups is 1. The average molecular weight is 374 g/mol. The normalized spacial score (nSPS) is 14.9. The fourth-order valence-corrected chi connectivity index (χ4v) is 3.12. The number of hydrogen-bond acceptors (Lipinski definition) is 5. The highest BCUT2D eigenvalue weighted by Gasteiger charge is 2.13. The minimum atomic E-state index is -0.0516. The molecule has 3 rings (SSSR count). The van der Waals surface area contributed by atoms with Gasteiger partial charge in [-0.1, -0.05) is 5.16 Å². The molecule has 1 aromatic heterocycles. The molecule has 0 spiro atoms. The summed E-state index contributed by atoms with van der Waals surface area (Å²) in [6.45, 7) is 9.71. The Balaban J connectivity index is 1.40. The number of nitrogens with one attached hydrogen (secondary N) is 2. The van der Waals surface area contributed by atoms with Crippen molar-refractivity contribution in [2.45, 2.75) is 26.9 Å². The molecule has 0 saturated carbocycles. The Hall–Kier alpha value is -2.38. The Kier molecular flexibility index (Phi) is 6.84. The molecule has 2 aromatic rings. The first-order chi connectivity index (χ1) is 13.1. The summed E-state index contributed by atoms with van der Waals surface area (Å²) in [5.74, 6) is 1.43. The summed E-state index contributed by atoms with van der Waals surface area (Å²) in [7, 11) is 0. The zero-order valence-electron chi connectivity index (χ0n) is 16.0. The number of aromatic nitrogens is 1. The Morgan fingerprint density at radius 2 is 1.96 bits per heavy atom. The lowest BCUT2D eigenvalue weighted by atomic mass is 10.2. The summed E-state index contributed by atoms with van der Waals surface area (Å²) < 4.78 is 16.2. The van der Waals surface area contributed by atoms with Crippen molar-refractivity contribution < 1.29 is 23.7 Å². The number of rotatable bonds is 8. The molecule has 0 atom stereocenters. The quantitative estimate of drug-likeness (QED) is 0.672. The van der Waals surface area contributed by atoms with E-state index >= 15 is 0 Å². The van der Waals surface area contributed by atoms with Crippen LogP contribution < -0.4 is 15.0 Å². The molecule has 0 bridgehead atoms. The molecule has 1 saturated heterocycles. The molecule has 1 aromatic carbocycles. The number of aryl methyl sites for hydroxylation is 2. The van der Waals surface area contributed by atoms with Gasteiger partial charge in [0.2, 0.25) is 0 Å². The number of ether oxygens (including phenoxy) is 2. The molecular weight excluding hydrogens is 346 g/mol. The van der Waals surface area contributed by atoms with Crippen molar-refractivity contribution in [2.75, 3.05) is 39.4 Å². The molecule has 1 fully saturated rings. The molecule has 146 valence electrons. The van der Waals surface area contributed by atoms with E-state index in [-0.39, 0.29) is 5.91 Å². The third kappa shape index (κ3) is 5.55. The van der Waals surface area contributed by atoms with E-state index < -0.39 is 0 Å². The number of quaternary nitrogens is 1. The Bertz CT molecular complexity index is 717. The topological polar surface area (TPSA) is 78.0 Å². The highest BCUT2D eigenvalue weighted by Crippen LogP contribution is 2.17. The van der Waals surface area contributed by atoms with E-state index in [1.165, 1.54) is 0 Å². The molecule has 27 heavy (non-hydrogen) atoms. The van der Waals surface area contributed by atoms with Gasteiger partial charge in [-0.05, 0) is 38.1 Å². The minimum absolute atomic E-state index is 0.0516. The Labute approximate surface area is 159 Å². The van der Waals surface area contributed by atoms with Gasteiger partial charge in [0.05, 0.1) is 31.0 Å². The molecule has 2 heterocycles. The molecule has 1 aliphatic rings. The maximum atomic E-state index is 12.2. The molecule has 0 radical (unpaired) electrons. The fraction of sp³-hybridized carbons (Fsp3) is 0.500. The van der Waals surface area contributed by atoms with Crippen molar-refractivity contribution >= 4 is 5.91 Å². The lowest BCUT2D eigenvalue weighted by Crippen LogP contribution is -3.14.